The van der Waals surface area contributed by atoms with Crippen LogP contribution in [0.4, 0.5) is 4.79 Å². The summed E-state index contributed by atoms with van der Waals surface area (Å²) in [5, 5.41) is 5.40. The topological polar surface area (TPSA) is 123 Å². The van der Waals surface area contributed by atoms with E-state index in [0.717, 1.165) is 18.4 Å². The van der Waals surface area contributed by atoms with Crippen molar-refractivity contribution in [3.05, 3.63) is 18.2 Å². The van der Waals surface area contributed by atoms with Crippen LogP contribution in [0.1, 0.15) is 33.6 Å². The lowest BCUT2D eigenvalue weighted by molar-refractivity contribution is -0.117. The molecule has 0 aliphatic carbocycles. The molecule has 0 saturated carbocycles. The van der Waals surface area contributed by atoms with Gasteiger partial charge >= 0.3 is 6.03 Å². The first-order valence-electron chi connectivity index (χ1n) is 11.0. The van der Waals surface area contributed by atoms with Gasteiger partial charge in [-0.05, 0) is 24.6 Å². The highest BCUT2D eigenvalue weighted by atomic mass is 32.2. The van der Waals surface area contributed by atoms with Gasteiger partial charge < -0.3 is 14.6 Å². The molecule has 0 aliphatic rings. The number of imidazole rings is 1. The van der Waals surface area contributed by atoms with Crippen LogP contribution in [0.2, 0.25) is 0 Å². The minimum atomic E-state index is -3.60. The van der Waals surface area contributed by atoms with Crippen LogP contribution in [-0.4, -0.2) is 73.3 Å². The lowest BCUT2D eigenvalue weighted by atomic mass is 10.3. The minimum absolute atomic E-state index is 0.00223. The average Bonchev–Trinajstić information content (AvgIpc) is 3.13. The van der Waals surface area contributed by atoms with Crippen LogP contribution >= 0.6 is 11.8 Å². The number of urea groups is 1. The molecule has 2 rings (SSSR count). The fourth-order valence-corrected chi connectivity index (χ4v) is 5.53. The number of carbonyl (C=O) groups is 2. The Labute approximate surface area is 199 Å². The Hall–Kier alpha value is -2.15. The largest absolute Gasteiger partial charge is 0.383 e. The van der Waals surface area contributed by atoms with E-state index in [4.69, 9.17) is 4.74 Å². The molecule has 0 radical (unpaired) electrons. The molecule has 3 amide bonds. The molecule has 0 fully saturated rings. The summed E-state index contributed by atoms with van der Waals surface area (Å²) in [7, 11) is -2.08. The fourth-order valence-electron chi connectivity index (χ4n) is 3.21. The van der Waals surface area contributed by atoms with Crippen LogP contribution in [-0.2, 0) is 26.1 Å². The number of thioether (sulfide) groups is 1. The van der Waals surface area contributed by atoms with E-state index in [1.807, 2.05) is 4.57 Å². The summed E-state index contributed by atoms with van der Waals surface area (Å²) < 4.78 is 34.0. The Bertz CT molecular complexity index is 1050. The van der Waals surface area contributed by atoms with E-state index in [1.54, 1.807) is 32.0 Å². The third-order valence-corrected chi connectivity index (χ3v) is 7.96. The van der Waals surface area contributed by atoms with Crippen molar-refractivity contribution in [3.63, 3.8) is 0 Å². The van der Waals surface area contributed by atoms with Gasteiger partial charge in [-0.15, -0.1) is 0 Å². The first-order valence-corrected chi connectivity index (χ1v) is 13.4. The number of nitrogens with one attached hydrogen (secondary N) is 2. The van der Waals surface area contributed by atoms with E-state index in [-0.39, 0.29) is 10.6 Å². The molecular weight excluding hydrogens is 466 g/mol. The van der Waals surface area contributed by atoms with Crippen LogP contribution in [0.5, 0.6) is 0 Å². The molecule has 184 valence electrons. The highest BCUT2D eigenvalue weighted by molar-refractivity contribution is 7.99. The molecule has 2 N–H and O–H groups in total. The Morgan fingerprint density at radius 2 is 1.94 bits per heavy atom. The maximum absolute atomic E-state index is 12.9. The predicted molar refractivity (Wildman–Crippen MR) is 129 cm³/mol. The molecule has 0 unspecified atom stereocenters. The maximum atomic E-state index is 12.9. The van der Waals surface area contributed by atoms with Gasteiger partial charge in [-0.2, -0.15) is 4.31 Å². The summed E-state index contributed by atoms with van der Waals surface area (Å²) in [5.74, 6) is -0.452. The van der Waals surface area contributed by atoms with Gasteiger partial charge in [0.1, 0.15) is 0 Å². The molecule has 1 aromatic heterocycles. The van der Waals surface area contributed by atoms with Gasteiger partial charge in [0.25, 0.3) is 0 Å². The maximum Gasteiger partial charge on any atom is 0.321 e. The van der Waals surface area contributed by atoms with Crippen molar-refractivity contribution in [1.82, 2.24) is 24.5 Å². The lowest BCUT2D eigenvalue weighted by Gasteiger charge is -2.18. The Kier molecular flexibility index (Phi) is 10.6. The zero-order valence-electron chi connectivity index (χ0n) is 19.6. The highest BCUT2D eigenvalue weighted by Gasteiger charge is 2.23. The molecule has 1 aromatic carbocycles. The van der Waals surface area contributed by atoms with Crippen molar-refractivity contribution < 1.29 is 22.7 Å². The second-order valence-electron chi connectivity index (χ2n) is 7.22. The Balaban J connectivity index is 2.23. The number of imide groups is 1. The van der Waals surface area contributed by atoms with Gasteiger partial charge in [-0.25, -0.2) is 18.2 Å². The van der Waals surface area contributed by atoms with Crippen molar-refractivity contribution in [2.45, 2.75) is 50.2 Å². The number of hydrogen-bond acceptors (Lipinski definition) is 7. The number of ether oxygens (including phenoxy) is 1. The molecule has 0 aliphatic heterocycles. The van der Waals surface area contributed by atoms with E-state index < -0.39 is 22.0 Å². The van der Waals surface area contributed by atoms with Crippen molar-refractivity contribution >= 4 is 44.8 Å². The number of aromatic nitrogens is 2. The average molecular weight is 500 g/mol. The zero-order chi connectivity index (χ0) is 24.4. The lowest BCUT2D eigenvalue weighted by Crippen LogP contribution is -2.41. The molecule has 0 spiro atoms. The van der Waals surface area contributed by atoms with Gasteiger partial charge in [0.05, 0.1) is 28.3 Å². The zero-order valence-corrected chi connectivity index (χ0v) is 21.2. The molecule has 0 bridgehead atoms. The number of carbonyl (C=O) groups excluding carboxylic acids is 2. The molecule has 12 heteroatoms. The van der Waals surface area contributed by atoms with E-state index in [0.29, 0.717) is 43.5 Å². The monoisotopic (exact) mass is 499 g/mol. The predicted octanol–water partition coefficient (Wildman–Crippen LogP) is 2.43. The summed E-state index contributed by atoms with van der Waals surface area (Å²) in [6.07, 6.45) is 1.88. The molecule has 0 saturated heterocycles. The first-order chi connectivity index (χ1) is 15.8. The molecule has 33 heavy (non-hydrogen) atoms. The van der Waals surface area contributed by atoms with Crippen molar-refractivity contribution in [1.29, 1.82) is 0 Å². The quantitative estimate of drug-likeness (QED) is 0.320. The highest BCUT2D eigenvalue weighted by Crippen LogP contribution is 2.27. The number of sulfonamides is 1. The fraction of sp³-hybridized carbons (Fsp3) is 0.571. The number of methoxy groups -OCH3 is 1. The summed E-state index contributed by atoms with van der Waals surface area (Å²) in [6.45, 7) is 7.80. The summed E-state index contributed by atoms with van der Waals surface area (Å²) >= 11 is 1.21. The van der Waals surface area contributed by atoms with Crippen molar-refractivity contribution in [3.8, 4) is 0 Å². The number of hydrogen-bond donors (Lipinski definition) is 2. The Morgan fingerprint density at radius 1 is 1.21 bits per heavy atom. The van der Waals surface area contributed by atoms with E-state index >= 15 is 0 Å². The first kappa shape index (κ1) is 27.1. The normalized spacial score (nSPS) is 11.8. The number of rotatable bonds is 13. The van der Waals surface area contributed by atoms with E-state index in [2.05, 4.69) is 22.5 Å². The van der Waals surface area contributed by atoms with E-state index in [1.165, 1.54) is 23.2 Å². The number of unbranched alkanes of at least 4 members (excludes halogenated alkanes) is 1. The molecular formula is C21H33N5O5S2. The standard InChI is InChI=1S/C21H33N5O5S2/c1-5-8-12-26-18-10-9-16(33(29,30)25(6-2)7-3)14-17(18)23-21(26)32-15-19(27)24-20(28)22-11-13-31-4/h9-10,14H,5-8,11-13,15H2,1-4H3,(H2,22,24,27,28). The smallest absolute Gasteiger partial charge is 0.321 e. The molecule has 2 aromatic rings. The number of nitrogens with zero attached hydrogens (tertiary/aromatic N) is 3. The van der Waals surface area contributed by atoms with Gasteiger partial charge in [0, 0.05) is 33.3 Å². The van der Waals surface area contributed by atoms with E-state index in [9.17, 15) is 18.0 Å². The number of fused-ring (bicyclic) bond motifs is 1. The summed E-state index contributed by atoms with van der Waals surface area (Å²) in [5.41, 5.74) is 1.36. The number of amides is 3. The second-order valence-corrected chi connectivity index (χ2v) is 10.1. The Morgan fingerprint density at radius 3 is 2.58 bits per heavy atom. The number of benzene rings is 1. The minimum Gasteiger partial charge on any atom is -0.383 e. The molecule has 10 nitrogen and oxygen atoms in total. The third-order valence-electron chi connectivity index (χ3n) is 4.94. The SMILES string of the molecule is CCCCn1c(SCC(=O)NC(=O)NCCOC)nc2cc(S(=O)(=O)N(CC)CC)ccc21. The van der Waals surface area contributed by atoms with Crippen LogP contribution in [0.15, 0.2) is 28.3 Å². The van der Waals surface area contributed by atoms with Crippen LogP contribution in [0.3, 0.4) is 0 Å². The van der Waals surface area contributed by atoms with Gasteiger partial charge in [-0.3, -0.25) is 10.1 Å². The second kappa shape index (κ2) is 12.9. The summed E-state index contributed by atoms with van der Waals surface area (Å²) in [4.78, 5) is 28.7. The third kappa shape index (κ3) is 7.16. The van der Waals surface area contributed by atoms with Crippen molar-refractivity contribution in [2.24, 2.45) is 0 Å². The van der Waals surface area contributed by atoms with Crippen molar-refractivity contribution in [2.75, 3.05) is 39.1 Å². The number of aryl methyl sites for hydroxylation is 1. The van der Waals surface area contributed by atoms with Crippen LogP contribution in [0, 0.1) is 0 Å². The van der Waals surface area contributed by atoms with Gasteiger partial charge in [-0.1, -0.05) is 39.0 Å². The van der Waals surface area contributed by atoms with Crippen LogP contribution in [0.25, 0.3) is 11.0 Å². The molecule has 0 atom stereocenters. The molecule has 1 heterocycles. The summed E-state index contributed by atoms with van der Waals surface area (Å²) in [6, 6.07) is 4.37. The van der Waals surface area contributed by atoms with Crippen LogP contribution < -0.4 is 10.6 Å². The van der Waals surface area contributed by atoms with Gasteiger partial charge in [0.2, 0.25) is 15.9 Å². The van der Waals surface area contributed by atoms with Gasteiger partial charge in [0.15, 0.2) is 5.16 Å².